The molecule has 0 aliphatic heterocycles. The van der Waals surface area contributed by atoms with Crippen molar-refractivity contribution in [2.45, 2.75) is 53.2 Å². The fourth-order valence-electron chi connectivity index (χ4n) is 2.18. The summed E-state index contributed by atoms with van der Waals surface area (Å²) in [5.41, 5.74) is 0. The number of nitrogens with zero attached hydrogens (tertiary/aromatic N) is 2. The van der Waals surface area contributed by atoms with Crippen molar-refractivity contribution in [3.8, 4) is 0 Å². The summed E-state index contributed by atoms with van der Waals surface area (Å²) in [6, 6.07) is 0.786. The molecular formula is C12H21N3S3. The van der Waals surface area contributed by atoms with Crippen LogP contribution in [-0.2, 0) is 0 Å². The molecule has 1 heterocycles. The van der Waals surface area contributed by atoms with Crippen molar-refractivity contribution in [2.75, 3.05) is 18.6 Å². The summed E-state index contributed by atoms with van der Waals surface area (Å²) in [6.45, 7) is 1.14. The molecule has 0 saturated heterocycles. The van der Waals surface area contributed by atoms with Gasteiger partial charge in [0, 0.05) is 11.8 Å². The first-order chi connectivity index (χ1) is 8.88. The van der Waals surface area contributed by atoms with Gasteiger partial charge in [-0.1, -0.05) is 54.1 Å². The third-order valence-electron chi connectivity index (χ3n) is 3.15. The Hall–Kier alpha value is 0.220. The average Bonchev–Trinajstić information content (AvgIpc) is 2.87. The molecule has 0 amide bonds. The maximum atomic E-state index is 4.16. The van der Waals surface area contributed by atoms with Gasteiger partial charge in [-0.15, -0.1) is 10.2 Å². The van der Waals surface area contributed by atoms with Crippen LogP contribution in [0.5, 0.6) is 0 Å². The molecule has 0 bridgehead atoms. The normalized spacial score (nSPS) is 17.2. The zero-order valence-electron chi connectivity index (χ0n) is 10.9. The molecule has 1 aromatic rings. The lowest BCUT2D eigenvalue weighted by atomic mass is 9.95. The Morgan fingerprint density at radius 2 is 2.00 bits per heavy atom. The molecule has 1 saturated carbocycles. The highest BCUT2D eigenvalue weighted by molar-refractivity contribution is 8.02. The molecule has 0 radical (unpaired) electrons. The third kappa shape index (κ3) is 5.07. The van der Waals surface area contributed by atoms with Crippen molar-refractivity contribution >= 4 is 34.9 Å². The van der Waals surface area contributed by atoms with Crippen molar-refractivity contribution in [1.82, 2.24) is 15.5 Å². The van der Waals surface area contributed by atoms with Crippen LogP contribution in [0.25, 0.3) is 0 Å². The van der Waals surface area contributed by atoms with Gasteiger partial charge in [0.15, 0.2) is 8.68 Å². The lowest BCUT2D eigenvalue weighted by Crippen LogP contribution is -2.31. The van der Waals surface area contributed by atoms with Crippen molar-refractivity contribution in [2.24, 2.45) is 0 Å². The lowest BCUT2D eigenvalue weighted by Gasteiger charge is -2.22. The highest BCUT2D eigenvalue weighted by atomic mass is 32.2. The number of hydrogen-bond acceptors (Lipinski definition) is 6. The summed E-state index contributed by atoms with van der Waals surface area (Å²) in [6.07, 6.45) is 10.3. The summed E-state index contributed by atoms with van der Waals surface area (Å²) < 4.78 is 2.18. The molecule has 102 valence electrons. The molecule has 2 rings (SSSR count). The van der Waals surface area contributed by atoms with E-state index in [1.807, 2.05) is 18.0 Å². The van der Waals surface area contributed by atoms with Gasteiger partial charge in [-0.25, -0.2) is 0 Å². The van der Waals surface area contributed by atoms with Crippen LogP contribution in [0.3, 0.4) is 0 Å². The Morgan fingerprint density at radius 1 is 1.22 bits per heavy atom. The first-order valence-electron chi connectivity index (χ1n) is 6.62. The van der Waals surface area contributed by atoms with E-state index in [2.05, 4.69) is 15.5 Å². The summed E-state index contributed by atoms with van der Waals surface area (Å²) in [5, 5.41) is 11.9. The fourth-order valence-corrected chi connectivity index (χ4v) is 4.63. The molecular weight excluding hydrogens is 282 g/mol. The molecule has 1 aliphatic carbocycles. The maximum Gasteiger partial charge on any atom is 0.175 e. The summed E-state index contributed by atoms with van der Waals surface area (Å²) >= 11 is 5.21. The van der Waals surface area contributed by atoms with Crippen LogP contribution in [0.15, 0.2) is 8.68 Å². The summed E-state index contributed by atoms with van der Waals surface area (Å²) in [5.74, 6) is 1.14. The number of nitrogens with one attached hydrogen (secondary N) is 1. The van der Waals surface area contributed by atoms with Gasteiger partial charge in [0.25, 0.3) is 0 Å². The van der Waals surface area contributed by atoms with Gasteiger partial charge >= 0.3 is 0 Å². The molecule has 3 nitrogen and oxygen atoms in total. The van der Waals surface area contributed by atoms with Crippen molar-refractivity contribution < 1.29 is 0 Å². The predicted molar refractivity (Wildman–Crippen MR) is 81.9 cm³/mol. The highest BCUT2D eigenvalue weighted by Gasteiger charge is 2.11. The van der Waals surface area contributed by atoms with Gasteiger partial charge in [0.2, 0.25) is 0 Å². The van der Waals surface area contributed by atoms with Crippen molar-refractivity contribution in [1.29, 1.82) is 0 Å². The van der Waals surface area contributed by atoms with Crippen LogP contribution in [-0.4, -0.2) is 34.8 Å². The quantitative estimate of drug-likeness (QED) is 0.614. The Bertz CT molecular complexity index is 337. The van der Waals surface area contributed by atoms with E-state index in [-0.39, 0.29) is 0 Å². The molecule has 0 atom stereocenters. The molecule has 6 heteroatoms. The maximum absolute atomic E-state index is 4.16. The van der Waals surface area contributed by atoms with Crippen LogP contribution < -0.4 is 5.32 Å². The first-order valence-corrected chi connectivity index (χ1v) is 9.65. The van der Waals surface area contributed by atoms with Gasteiger partial charge in [0.05, 0.1) is 0 Å². The first kappa shape index (κ1) is 14.6. The van der Waals surface area contributed by atoms with E-state index in [4.69, 9.17) is 0 Å². The van der Waals surface area contributed by atoms with E-state index in [1.54, 1.807) is 23.1 Å². The van der Waals surface area contributed by atoms with Gasteiger partial charge < -0.3 is 5.32 Å². The molecule has 1 aliphatic rings. The van der Waals surface area contributed by atoms with E-state index in [0.29, 0.717) is 0 Å². The Balaban J connectivity index is 1.52. The second-order valence-corrected chi connectivity index (χ2v) is 7.90. The second-order valence-electron chi connectivity index (χ2n) is 4.53. The average molecular weight is 304 g/mol. The smallest absolute Gasteiger partial charge is 0.175 e. The SMILES string of the molecule is CSc1nnc(SCCCNC2CCCCC2)s1. The molecule has 0 unspecified atom stereocenters. The van der Waals surface area contributed by atoms with Crippen LogP contribution in [0, 0.1) is 0 Å². The third-order valence-corrected chi connectivity index (χ3v) is 6.27. The number of aromatic nitrogens is 2. The van der Waals surface area contributed by atoms with Gasteiger partial charge in [0.1, 0.15) is 0 Å². The molecule has 18 heavy (non-hydrogen) atoms. The van der Waals surface area contributed by atoms with Crippen LogP contribution in [0.1, 0.15) is 38.5 Å². The zero-order chi connectivity index (χ0) is 12.6. The molecule has 0 spiro atoms. The van der Waals surface area contributed by atoms with Crippen LogP contribution in [0.2, 0.25) is 0 Å². The fraction of sp³-hybridized carbons (Fsp3) is 0.833. The second kappa shape index (κ2) is 8.40. The lowest BCUT2D eigenvalue weighted by molar-refractivity contribution is 0.375. The monoisotopic (exact) mass is 303 g/mol. The van der Waals surface area contributed by atoms with E-state index < -0.39 is 0 Å². The van der Waals surface area contributed by atoms with Gasteiger partial charge in [-0.2, -0.15) is 0 Å². The summed E-state index contributed by atoms with van der Waals surface area (Å²) in [4.78, 5) is 0. The van der Waals surface area contributed by atoms with Gasteiger partial charge in [-0.05, 0) is 32.1 Å². The predicted octanol–water partition coefficient (Wildman–Crippen LogP) is 3.66. The van der Waals surface area contributed by atoms with Crippen LogP contribution >= 0.6 is 34.9 Å². The minimum atomic E-state index is 0.786. The number of thioether (sulfide) groups is 2. The van der Waals surface area contributed by atoms with E-state index in [0.717, 1.165) is 27.0 Å². The van der Waals surface area contributed by atoms with Crippen molar-refractivity contribution in [3.63, 3.8) is 0 Å². The number of hydrogen-bond donors (Lipinski definition) is 1. The minimum Gasteiger partial charge on any atom is -0.314 e. The Kier molecular flexibility index (Phi) is 6.83. The van der Waals surface area contributed by atoms with E-state index in [1.165, 1.54) is 38.5 Å². The van der Waals surface area contributed by atoms with E-state index in [9.17, 15) is 0 Å². The number of rotatable bonds is 7. The Morgan fingerprint density at radius 3 is 2.72 bits per heavy atom. The molecule has 1 aromatic heterocycles. The molecule has 0 aromatic carbocycles. The zero-order valence-corrected chi connectivity index (χ0v) is 13.3. The standard InChI is InChI=1S/C12H21N3S3/c1-16-11-14-15-12(18-11)17-9-5-8-13-10-6-3-2-4-7-10/h10,13H,2-9H2,1H3. The highest BCUT2D eigenvalue weighted by Crippen LogP contribution is 2.27. The molecule has 1 fully saturated rings. The largest absolute Gasteiger partial charge is 0.314 e. The Labute approximate surface area is 122 Å². The van der Waals surface area contributed by atoms with Gasteiger partial charge in [-0.3, -0.25) is 0 Å². The van der Waals surface area contributed by atoms with Crippen molar-refractivity contribution in [3.05, 3.63) is 0 Å². The topological polar surface area (TPSA) is 37.8 Å². The molecule has 1 N–H and O–H groups in total. The van der Waals surface area contributed by atoms with Crippen LogP contribution in [0.4, 0.5) is 0 Å². The summed E-state index contributed by atoms with van der Waals surface area (Å²) in [7, 11) is 0. The minimum absolute atomic E-state index is 0.786. The van der Waals surface area contributed by atoms with E-state index >= 15 is 0 Å².